The highest BCUT2D eigenvalue weighted by molar-refractivity contribution is 5.96. The van der Waals surface area contributed by atoms with Crippen molar-refractivity contribution in [2.75, 3.05) is 12.4 Å². The summed E-state index contributed by atoms with van der Waals surface area (Å²) in [5.41, 5.74) is 5.38. The van der Waals surface area contributed by atoms with Crippen LogP contribution in [0.25, 0.3) is 10.9 Å². The van der Waals surface area contributed by atoms with E-state index in [1.807, 2.05) is 18.2 Å². The van der Waals surface area contributed by atoms with Crippen LogP contribution in [0.15, 0.2) is 42.6 Å². The Labute approximate surface area is 135 Å². The molecule has 114 valence electrons. The standard InChI is InChI=1S/C19H17N3O/c1-12-6-13(2)8-15(7-12)22-19-14(10-20)11-21-18-9-16(23-3)4-5-17(18)19/h4-9,11H,1-3H3,(H,21,22). The number of hydrogen-bond donors (Lipinski definition) is 1. The number of rotatable bonds is 3. The highest BCUT2D eigenvalue weighted by atomic mass is 16.5. The van der Waals surface area contributed by atoms with Gasteiger partial charge in [-0.3, -0.25) is 4.98 Å². The molecule has 0 unspecified atom stereocenters. The maximum absolute atomic E-state index is 9.41. The van der Waals surface area contributed by atoms with E-state index in [2.05, 4.69) is 48.4 Å². The molecular weight excluding hydrogens is 286 g/mol. The van der Waals surface area contributed by atoms with Gasteiger partial charge in [0.15, 0.2) is 0 Å². The van der Waals surface area contributed by atoms with Gasteiger partial charge in [0.05, 0.1) is 23.9 Å². The number of ether oxygens (including phenoxy) is 1. The third-order valence-electron chi connectivity index (χ3n) is 3.69. The quantitative estimate of drug-likeness (QED) is 0.775. The number of aryl methyl sites for hydroxylation is 2. The van der Waals surface area contributed by atoms with E-state index in [0.29, 0.717) is 5.56 Å². The van der Waals surface area contributed by atoms with Crippen molar-refractivity contribution in [2.24, 2.45) is 0 Å². The summed E-state index contributed by atoms with van der Waals surface area (Å²) in [6, 6.07) is 14.1. The Bertz CT molecular complexity index is 906. The Morgan fingerprint density at radius 1 is 1.09 bits per heavy atom. The lowest BCUT2D eigenvalue weighted by Gasteiger charge is -2.13. The van der Waals surface area contributed by atoms with E-state index < -0.39 is 0 Å². The van der Waals surface area contributed by atoms with E-state index >= 15 is 0 Å². The number of nitrogens with one attached hydrogen (secondary N) is 1. The van der Waals surface area contributed by atoms with Crippen LogP contribution in [-0.4, -0.2) is 12.1 Å². The van der Waals surface area contributed by atoms with Gasteiger partial charge < -0.3 is 10.1 Å². The summed E-state index contributed by atoms with van der Waals surface area (Å²) in [5, 5.41) is 13.7. The summed E-state index contributed by atoms with van der Waals surface area (Å²) in [5.74, 6) is 0.743. The number of aromatic nitrogens is 1. The number of anilines is 2. The average molecular weight is 303 g/mol. The van der Waals surface area contributed by atoms with Gasteiger partial charge in [-0.2, -0.15) is 5.26 Å². The van der Waals surface area contributed by atoms with Gasteiger partial charge in [-0.1, -0.05) is 6.07 Å². The molecule has 0 saturated carbocycles. The van der Waals surface area contributed by atoms with Crippen LogP contribution >= 0.6 is 0 Å². The summed E-state index contributed by atoms with van der Waals surface area (Å²) < 4.78 is 5.24. The molecule has 1 heterocycles. The second-order valence-corrected chi connectivity index (χ2v) is 5.54. The van der Waals surface area contributed by atoms with Crippen molar-refractivity contribution in [1.82, 2.24) is 4.98 Å². The van der Waals surface area contributed by atoms with E-state index in [4.69, 9.17) is 4.74 Å². The first-order valence-electron chi connectivity index (χ1n) is 7.33. The molecule has 2 aromatic carbocycles. The molecule has 23 heavy (non-hydrogen) atoms. The third kappa shape index (κ3) is 2.95. The van der Waals surface area contributed by atoms with Gasteiger partial charge in [-0.05, 0) is 49.2 Å². The third-order valence-corrected chi connectivity index (χ3v) is 3.69. The second-order valence-electron chi connectivity index (χ2n) is 5.54. The fourth-order valence-electron chi connectivity index (χ4n) is 2.71. The zero-order chi connectivity index (χ0) is 16.4. The van der Waals surface area contributed by atoms with Crippen LogP contribution in [0, 0.1) is 25.2 Å². The van der Waals surface area contributed by atoms with Crippen LogP contribution < -0.4 is 10.1 Å². The normalized spacial score (nSPS) is 10.3. The molecule has 0 aliphatic rings. The predicted octanol–water partition coefficient (Wildman–Crippen LogP) is 4.48. The number of fused-ring (bicyclic) bond motifs is 1. The summed E-state index contributed by atoms with van der Waals surface area (Å²) >= 11 is 0. The molecule has 0 bridgehead atoms. The molecule has 0 saturated heterocycles. The number of methoxy groups -OCH3 is 1. The molecule has 0 aliphatic heterocycles. The lowest BCUT2D eigenvalue weighted by Crippen LogP contribution is -1.98. The van der Waals surface area contributed by atoms with Crippen LogP contribution in [0.5, 0.6) is 5.75 Å². The predicted molar refractivity (Wildman–Crippen MR) is 92.2 cm³/mol. The van der Waals surface area contributed by atoms with Crippen molar-refractivity contribution in [3.05, 3.63) is 59.3 Å². The molecule has 4 heteroatoms. The van der Waals surface area contributed by atoms with Gasteiger partial charge in [0.1, 0.15) is 11.8 Å². The number of hydrogen-bond acceptors (Lipinski definition) is 4. The molecule has 0 radical (unpaired) electrons. The number of nitriles is 1. The zero-order valence-electron chi connectivity index (χ0n) is 13.3. The first kappa shape index (κ1) is 14.9. The van der Waals surface area contributed by atoms with Gasteiger partial charge in [0.25, 0.3) is 0 Å². The van der Waals surface area contributed by atoms with Crippen molar-refractivity contribution in [2.45, 2.75) is 13.8 Å². The SMILES string of the molecule is COc1ccc2c(Nc3cc(C)cc(C)c3)c(C#N)cnc2c1. The Morgan fingerprint density at radius 2 is 1.83 bits per heavy atom. The monoisotopic (exact) mass is 303 g/mol. The van der Waals surface area contributed by atoms with Crippen LogP contribution in [0.4, 0.5) is 11.4 Å². The zero-order valence-corrected chi connectivity index (χ0v) is 13.3. The summed E-state index contributed by atoms with van der Waals surface area (Å²) in [4.78, 5) is 4.36. The summed E-state index contributed by atoms with van der Waals surface area (Å²) in [7, 11) is 1.62. The minimum Gasteiger partial charge on any atom is -0.497 e. The Kier molecular flexibility index (Phi) is 3.86. The van der Waals surface area contributed by atoms with Crippen LogP contribution in [-0.2, 0) is 0 Å². The summed E-state index contributed by atoms with van der Waals surface area (Å²) in [6.45, 7) is 4.11. The van der Waals surface area contributed by atoms with E-state index in [9.17, 15) is 5.26 Å². The van der Waals surface area contributed by atoms with Gasteiger partial charge in [0, 0.05) is 23.3 Å². The minimum absolute atomic E-state index is 0.516. The molecule has 1 aromatic heterocycles. The topological polar surface area (TPSA) is 57.9 Å². The van der Waals surface area contributed by atoms with Gasteiger partial charge >= 0.3 is 0 Å². The average Bonchev–Trinajstić information content (AvgIpc) is 2.53. The van der Waals surface area contributed by atoms with E-state index in [1.165, 1.54) is 11.1 Å². The fraction of sp³-hybridized carbons (Fsp3) is 0.158. The molecule has 3 aromatic rings. The maximum Gasteiger partial charge on any atom is 0.121 e. The van der Waals surface area contributed by atoms with Crippen LogP contribution in [0.1, 0.15) is 16.7 Å². The van der Waals surface area contributed by atoms with Crippen molar-refractivity contribution in [1.29, 1.82) is 5.26 Å². The largest absolute Gasteiger partial charge is 0.497 e. The molecule has 0 spiro atoms. The lowest BCUT2D eigenvalue weighted by atomic mass is 10.1. The minimum atomic E-state index is 0.516. The van der Waals surface area contributed by atoms with Crippen molar-refractivity contribution in [3.63, 3.8) is 0 Å². The van der Waals surface area contributed by atoms with E-state index in [-0.39, 0.29) is 0 Å². The van der Waals surface area contributed by atoms with Gasteiger partial charge in [-0.25, -0.2) is 0 Å². The lowest BCUT2D eigenvalue weighted by molar-refractivity contribution is 0.415. The molecule has 0 atom stereocenters. The maximum atomic E-state index is 9.41. The van der Waals surface area contributed by atoms with Crippen molar-refractivity contribution >= 4 is 22.3 Å². The van der Waals surface area contributed by atoms with E-state index in [0.717, 1.165) is 28.0 Å². The number of pyridine rings is 1. The first-order chi connectivity index (χ1) is 11.1. The molecular formula is C19H17N3O. The Balaban J connectivity index is 2.16. The van der Waals surface area contributed by atoms with Crippen LogP contribution in [0.3, 0.4) is 0 Å². The summed E-state index contributed by atoms with van der Waals surface area (Å²) in [6.07, 6.45) is 1.59. The molecule has 3 rings (SSSR count). The molecule has 4 nitrogen and oxygen atoms in total. The van der Waals surface area contributed by atoms with Crippen molar-refractivity contribution in [3.8, 4) is 11.8 Å². The smallest absolute Gasteiger partial charge is 0.121 e. The van der Waals surface area contributed by atoms with Crippen LogP contribution in [0.2, 0.25) is 0 Å². The van der Waals surface area contributed by atoms with Gasteiger partial charge in [-0.15, -0.1) is 0 Å². The highest BCUT2D eigenvalue weighted by Crippen LogP contribution is 2.31. The second kappa shape index (κ2) is 5.98. The van der Waals surface area contributed by atoms with Crippen molar-refractivity contribution < 1.29 is 4.74 Å². The number of benzene rings is 2. The first-order valence-corrected chi connectivity index (χ1v) is 7.33. The molecule has 0 amide bonds. The highest BCUT2D eigenvalue weighted by Gasteiger charge is 2.10. The Hall–Kier alpha value is -3.06. The fourth-order valence-corrected chi connectivity index (χ4v) is 2.71. The molecule has 1 N–H and O–H groups in total. The molecule has 0 fully saturated rings. The van der Waals surface area contributed by atoms with Gasteiger partial charge in [0.2, 0.25) is 0 Å². The Morgan fingerprint density at radius 3 is 2.48 bits per heavy atom. The molecule has 0 aliphatic carbocycles. The van der Waals surface area contributed by atoms with E-state index in [1.54, 1.807) is 13.3 Å². The number of nitrogens with zero attached hydrogens (tertiary/aromatic N) is 2.